The number of carbonyl (C=O) groups excluding carboxylic acids is 1. The second kappa shape index (κ2) is 6.21. The molecule has 5 nitrogen and oxygen atoms in total. The number of halogens is 1. The van der Waals surface area contributed by atoms with Crippen molar-refractivity contribution in [1.82, 2.24) is 0 Å². The Kier molecular flexibility index (Phi) is 4.90. The van der Waals surface area contributed by atoms with Gasteiger partial charge >= 0.3 is 5.97 Å². The van der Waals surface area contributed by atoms with E-state index in [0.29, 0.717) is 5.69 Å². The van der Waals surface area contributed by atoms with Gasteiger partial charge in [-0.2, -0.15) is 5.26 Å². The number of rotatable bonds is 4. The quantitative estimate of drug-likeness (QED) is 0.887. The van der Waals surface area contributed by atoms with E-state index >= 15 is 0 Å². The van der Waals surface area contributed by atoms with Crippen molar-refractivity contribution in [1.29, 1.82) is 5.26 Å². The first kappa shape index (κ1) is 15.0. The van der Waals surface area contributed by atoms with Gasteiger partial charge < -0.3 is 10.4 Å². The maximum absolute atomic E-state index is 11.8. The molecule has 0 bridgehead atoms. The van der Waals surface area contributed by atoms with Crippen LogP contribution in [0.2, 0.25) is 5.02 Å². The number of nitrogens with zero attached hydrogens (tertiary/aromatic N) is 1. The smallest absolute Gasteiger partial charge is 0.337 e. The molecule has 0 aliphatic rings. The Bertz CT molecular complexity index is 549. The Balaban J connectivity index is 2.90. The van der Waals surface area contributed by atoms with Gasteiger partial charge in [0.25, 0.3) is 0 Å². The van der Waals surface area contributed by atoms with Crippen molar-refractivity contribution in [2.75, 3.05) is 5.32 Å². The molecule has 0 spiro atoms. The second-order valence-corrected chi connectivity index (χ2v) is 4.75. The standard InChI is InChI=1S/C13H13ClN2O3/c1-7(2)10(6-15)12(17)16-8-3-4-9(13(18)19)11(14)5-8/h3-5,7,10H,1-2H3,(H,16,17)(H,18,19). The van der Waals surface area contributed by atoms with Crippen molar-refractivity contribution in [3.8, 4) is 6.07 Å². The van der Waals surface area contributed by atoms with Crippen LogP contribution in [0.3, 0.4) is 0 Å². The van der Waals surface area contributed by atoms with Crippen molar-refractivity contribution in [2.24, 2.45) is 11.8 Å². The summed E-state index contributed by atoms with van der Waals surface area (Å²) in [6.45, 7) is 3.54. The molecule has 1 rings (SSSR count). The molecule has 0 aromatic heterocycles. The molecule has 0 aliphatic heterocycles. The van der Waals surface area contributed by atoms with Crippen LogP contribution in [-0.2, 0) is 4.79 Å². The number of nitrogens with one attached hydrogen (secondary N) is 1. The number of amides is 1. The van der Waals surface area contributed by atoms with E-state index in [1.807, 2.05) is 6.07 Å². The summed E-state index contributed by atoms with van der Waals surface area (Å²) < 4.78 is 0. The second-order valence-electron chi connectivity index (χ2n) is 4.34. The number of hydrogen-bond acceptors (Lipinski definition) is 3. The fourth-order valence-electron chi connectivity index (χ4n) is 1.50. The van der Waals surface area contributed by atoms with E-state index in [1.54, 1.807) is 13.8 Å². The lowest BCUT2D eigenvalue weighted by atomic mass is 9.96. The molecule has 0 aliphatic carbocycles. The molecule has 0 heterocycles. The van der Waals surface area contributed by atoms with Gasteiger partial charge in [-0.15, -0.1) is 0 Å². The molecule has 6 heteroatoms. The van der Waals surface area contributed by atoms with Crippen molar-refractivity contribution in [2.45, 2.75) is 13.8 Å². The average Bonchev–Trinajstić information content (AvgIpc) is 2.28. The highest BCUT2D eigenvalue weighted by Gasteiger charge is 2.22. The predicted octanol–water partition coefficient (Wildman–Crippen LogP) is 2.77. The van der Waals surface area contributed by atoms with Crippen LogP contribution in [0.25, 0.3) is 0 Å². The molecule has 1 amide bonds. The summed E-state index contributed by atoms with van der Waals surface area (Å²) >= 11 is 5.79. The van der Waals surface area contributed by atoms with Crippen LogP contribution in [-0.4, -0.2) is 17.0 Å². The lowest BCUT2D eigenvalue weighted by molar-refractivity contribution is -0.119. The normalized spacial score (nSPS) is 11.7. The van der Waals surface area contributed by atoms with Gasteiger partial charge in [0, 0.05) is 5.69 Å². The first-order chi connectivity index (χ1) is 8.86. The Morgan fingerprint density at radius 3 is 2.47 bits per heavy atom. The van der Waals surface area contributed by atoms with Gasteiger partial charge in [-0.25, -0.2) is 4.79 Å². The molecule has 100 valence electrons. The highest BCUT2D eigenvalue weighted by Crippen LogP contribution is 2.22. The maximum Gasteiger partial charge on any atom is 0.337 e. The fourth-order valence-corrected chi connectivity index (χ4v) is 1.76. The van der Waals surface area contributed by atoms with Crippen LogP contribution in [0.5, 0.6) is 0 Å². The van der Waals surface area contributed by atoms with Crippen LogP contribution in [0.15, 0.2) is 18.2 Å². The Morgan fingerprint density at radius 2 is 2.05 bits per heavy atom. The molecule has 0 saturated heterocycles. The third-order valence-electron chi connectivity index (χ3n) is 2.56. The topological polar surface area (TPSA) is 90.2 Å². The fraction of sp³-hybridized carbons (Fsp3) is 0.308. The van der Waals surface area contributed by atoms with Gasteiger partial charge in [0.1, 0.15) is 5.92 Å². The summed E-state index contributed by atoms with van der Waals surface area (Å²) in [7, 11) is 0. The van der Waals surface area contributed by atoms with E-state index in [-0.39, 0.29) is 16.5 Å². The monoisotopic (exact) mass is 280 g/mol. The number of carbonyl (C=O) groups is 2. The summed E-state index contributed by atoms with van der Waals surface area (Å²) in [6, 6.07) is 6.01. The van der Waals surface area contributed by atoms with E-state index in [0.717, 1.165) is 0 Å². The third kappa shape index (κ3) is 3.70. The van der Waals surface area contributed by atoms with Crippen LogP contribution in [0.4, 0.5) is 5.69 Å². The minimum Gasteiger partial charge on any atom is -0.478 e. The summed E-state index contributed by atoms with van der Waals surface area (Å²) in [5.41, 5.74) is 0.321. The molecule has 0 saturated carbocycles. The van der Waals surface area contributed by atoms with E-state index < -0.39 is 17.8 Å². The minimum absolute atomic E-state index is 0.0309. The van der Waals surface area contributed by atoms with Gasteiger partial charge in [-0.1, -0.05) is 25.4 Å². The maximum atomic E-state index is 11.8. The number of nitriles is 1. The molecular weight excluding hydrogens is 268 g/mol. The molecular formula is C13H13ClN2O3. The molecule has 19 heavy (non-hydrogen) atoms. The van der Waals surface area contributed by atoms with Crippen LogP contribution >= 0.6 is 11.6 Å². The number of aromatic carboxylic acids is 1. The molecule has 1 aromatic carbocycles. The van der Waals surface area contributed by atoms with Gasteiger partial charge in [-0.3, -0.25) is 4.79 Å². The molecule has 1 atom stereocenters. The average molecular weight is 281 g/mol. The number of benzene rings is 1. The van der Waals surface area contributed by atoms with E-state index in [9.17, 15) is 9.59 Å². The number of anilines is 1. The zero-order valence-electron chi connectivity index (χ0n) is 10.5. The summed E-state index contributed by atoms with van der Waals surface area (Å²) in [5.74, 6) is -2.45. The van der Waals surface area contributed by atoms with Crippen molar-refractivity contribution < 1.29 is 14.7 Å². The van der Waals surface area contributed by atoms with Crippen LogP contribution < -0.4 is 5.32 Å². The predicted molar refractivity (Wildman–Crippen MR) is 71.0 cm³/mol. The highest BCUT2D eigenvalue weighted by atomic mass is 35.5. The highest BCUT2D eigenvalue weighted by molar-refractivity contribution is 6.33. The first-order valence-corrected chi connectivity index (χ1v) is 5.98. The SMILES string of the molecule is CC(C)C(C#N)C(=O)Nc1ccc(C(=O)O)c(Cl)c1. The zero-order valence-corrected chi connectivity index (χ0v) is 11.2. The van der Waals surface area contributed by atoms with E-state index in [4.69, 9.17) is 22.0 Å². The Hall–Kier alpha value is -2.06. The number of carboxylic acids is 1. The Labute approximate surface area is 115 Å². The molecule has 1 unspecified atom stereocenters. The van der Waals surface area contributed by atoms with E-state index in [2.05, 4.69) is 5.32 Å². The van der Waals surface area contributed by atoms with Gasteiger partial charge in [-0.05, 0) is 24.1 Å². The van der Waals surface area contributed by atoms with E-state index in [1.165, 1.54) is 18.2 Å². The van der Waals surface area contributed by atoms with Crippen LogP contribution in [0.1, 0.15) is 24.2 Å². The summed E-state index contributed by atoms with van der Waals surface area (Å²) in [6.07, 6.45) is 0. The summed E-state index contributed by atoms with van der Waals surface area (Å²) in [5, 5.41) is 20.3. The number of hydrogen-bond donors (Lipinski definition) is 2. The first-order valence-electron chi connectivity index (χ1n) is 5.60. The van der Waals surface area contributed by atoms with Crippen molar-refractivity contribution >= 4 is 29.2 Å². The molecule has 2 N–H and O–H groups in total. The molecule has 0 radical (unpaired) electrons. The zero-order chi connectivity index (χ0) is 14.6. The van der Waals surface area contributed by atoms with Gasteiger partial charge in [0.2, 0.25) is 5.91 Å². The van der Waals surface area contributed by atoms with Gasteiger partial charge in [0.15, 0.2) is 0 Å². The summed E-state index contributed by atoms with van der Waals surface area (Å²) in [4.78, 5) is 22.6. The van der Waals surface area contributed by atoms with Crippen molar-refractivity contribution in [3.63, 3.8) is 0 Å². The van der Waals surface area contributed by atoms with Gasteiger partial charge in [0.05, 0.1) is 16.7 Å². The molecule has 0 fully saturated rings. The Morgan fingerprint density at radius 1 is 1.42 bits per heavy atom. The lowest BCUT2D eigenvalue weighted by Crippen LogP contribution is -2.25. The van der Waals surface area contributed by atoms with Crippen molar-refractivity contribution in [3.05, 3.63) is 28.8 Å². The third-order valence-corrected chi connectivity index (χ3v) is 2.87. The van der Waals surface area contributed by atoms with Crippen LogP contribution in [0, 0.1) is 23.2 Å². The lowest BCUT2D eigenvalue weighted by Gasteiger charge is -2.13. The number of carboxylic acid groups (broad SMARTS) is 1. The largest absolute Gasteiger partial charge is 0.478 e. The molecule has 1 aromatic rings. The minimum atomic E-state index is -1.14.